The van der Waals surface area contributed by atoms with Crippen molar-refractivity contribution in [2.45, 2.75) is 32.4 Å². The van der Waals surface area contributed by atoms with E-state index in [9.17, 15) is 9.90 Å². The fourth-order valence-electron chi connectivity index (χ4n) is 1.49. The maximum absolute atomic E-state index is 11.7. The first-order chi connectivity index (χ1) is 8.93. The zero-order valence-electron chi connectivity index (χ0n) is 10.9. The number of nitrogens with zero attached hydrogens (tertiary/aromatic N) is 1. The van der Waals surface area contributed by atoms with Gasteiger partial charge >= 0.3 is 0 Å². The minimum atomic E-state index is -0.732. The molecular formula is C14H17ClN2O2. The number of nitrogens with one attached hydrogen (secondary N) is 1. The van der Waals surface area contributed by atoms with E-state index in [0.717, 1.165) is 0 Å². The predicted octanol–water partition coefficient (Wildman–Crippen LogP) is 2.43. The number of amides is 1. The van der Waals surface area contributed by atoms with Crippen molar-refractivity contribution in [3.8, 4) is 6.07 Å². The lowest BCUT2D eigenvalue weighted by Crippen LogP contribution is -2.32. The molecule has 0 fully saturated rings. The Kier molecular flexibility index (Phi) is 5.81. The third-order valence-corrected chi connectivity index (χ3v) is 3.05. The summed E-state index contributed by atoms with van der Waals surface area (Å²) in [5.41, 5.74) is 0.666. The predicted molar refractivity (Wildman–Crippen MR) is 73.4 cm³/mol. The topological polar surface area (TPSA) is 73.1 Å². The molecule has 102 valence electrons. The van der Waals surface area contributed by atoms with Crippen LogP contribution < -0.4 is 5.32 Å². The molecule has 0 aliphatic rings. The minimum absolute atomic E-state index is 0.00168. The van der Waals surface area contributed by atoms with Gasteiger partial charge in [0.05, 0.1) is 18.6 Å². The number of carbonyl (C=O) groups is 1. The number of nitriles is 1. The van der Waals surface area contributed by atoms with Crippen LogP contribution in [0.15, 0.2) is 24.3 Å². The SMILES string of the molecule is CC(C)C(O)CC(=O)NC(C#N)c1ccc(Cl)cc1. The highest BCUT2D eigenvalue weighted by Crippen LogP contribution is 2.16. The maximum atomic E-state index is 11.7. The number of benzene rings is 1. The summed E-state index contributed by atoms with van der Waals surface area (Å²) < 4.78 is 0. The molecule has 2 N–H and O–H groups in total. The summed E-state index contributed by atoms with van der Waals surface area (Å²) in [6.45, 7) is 3.66. The molecule has 0 bridgehead atoms. The first-order valence-electron chi connectivity index (χ1n) is 6.06. The van der Waals surface area contributed by atoms with Crippen LogP contribution in [-0.2, 0) is 4.79 Å². The molecule has 0 aliphatic heterocycles. The van der Waals surface area contributed by atoms with Gasteiger partial charge in [-0.25, -0.2) is 0 Å². The highest BCUT2D eigenvalue weighted by Gasteiger charge is 2.18. The van der Waals surface area contributed by atoms with Gasteiger partial charge in [0.1, 0.15) is 6.04 Å². The molecule has 1 aromatic carbocycles. The molecule has 0 spiro atoms. The van der Waals surface area contributed by atoms with Gasteiger partial charge in [0, 0.05) is 5.02 Å². The van der Waals surface area contributed by atoms with Crippen molar-refractivity contribution in [1.29, 1.82) is 5.26 Å². The third kappa shape index (κ3) is 4.90. The summed E-state index contributed by atoms with van der Waals surface area (Å²) in [4.78, 5) is 11.7. The number of rotatable bonds is 5. The Hall–Kier alpha value is -1.57. The summed E-state index contributed by atoms with van der Waals surface area (Å²) in [7, 11) is 0. The molecule has 4 nitrogen and oxygen atoms in total. The second-order valence-corrected chi connectivity index (χ2v) is 5.13. The number of aliphatic hydroxyl groups excluding tert-OH is 1. The molecular weight excluding hydrogens is 264 g/mol. The molecule has 1 rings (SSSR count). The van der Waals surface area contributed by atoms with E-state index in [1.54, 1.807) is 24.3 Å². The van der Waals surface area contributed by atoms with Gasteiger partial charge in [0.25, 0.3) is 0 Å². The van der Waals surface area contributed by atoms with Crippen molar-refractivity contribution in [2.75, 3.05) is 0 Å². The molecule has 2 atom stereocenters. The standard InChI is InChI=1S/C14H17ClN2O2/c1-9(2)13(18)7-14(19)17-12(8-16)10-3-5-11(15)6-4-10/h3-6,9,12-13,18H,7H2,1-2H3,(H,17,19). The quantitative estimate of drug-likeness (QED) is 0.870. The summed E-state index contributed by atoms with van der Waals surface area (Å²) in [6, 6.07) is 7.99. The van der Waals surface area contributed by atoms with Crippen molar-refractivity contribution < 1.29 is 9.90 Å². The summed E-state index contributed by atoms with van der Waals surface area (Å²) >= 11 is 5.77. The van der Waals surface area contributed by atoms with E-state index in [-0.39, 0.29) is 18.2 Å². The Morgan fingerprint density at radius 2 is 2.00 bits per heavy atom. The van der Waals surface area contributed by atoms with E-state index in [0.29, 0.717) is 10.6 Å². The fourth-order valence-corrected chi connectivity index (χ4v) is 1.62. The van der Waals surface area contributed by atoms with Crippen molar-refractivity contribution >= 4 is 17.5 Å². The lowest BCUT2D eigenvalue weighted by molar-refractivity contribution is -0.124. The molecule has 5 heteroatoms. The van der Waals surface area contributed by atoms with Gasteiger partial charge in [-0.15, -0.1) is 0 Å². The first kappa shape index (κ1) is 15.5. The van der Waals surface area contributed by atoms with Crippen molar-refractivity contribution in [3.63, 3.8) is 0 Å². The number of halogens is 1. The largest absolute Gasteiger partial charge is 0.392 e. The smallest absolute Gasteiger partial charge is 0.223 e. The zero-order valence-corrected chi connectivity index (χ0v) is 11.7. The number of hydrogen-bond acceptors (Lipinski definition) is 3. The average Bonchev–Trinajstić information content (AvgIpc) is 2.37. The Labute approximate surface area is 118 Å². The van der Waals surface area contributed by atoms with Crippen LogP contribution >= 0.6 is 11.6 Å². The van der Waals surface area contributed by atoms with E-state index >= 15 is 0 Å². The molecule has 0 aromatic heterocycles. The first-order valence-corrected chi connectivity index (χ1v) is 6.44. The van der Waals surface area contributed by atoms with Crippen LogP contribution in [0.4, 0.5) is 0 Å². The van der Waals surface area contributed by atoms with Gasteiger partial charge in [-0.1, -0.05) is 37.6 Å². The van der Waals surface area contributed by atoms with Crippen molar-refractivity contribution in [3.05, 3.63) is 34.9 Å². The molecule has 19 heavy (non-hydrogen) atoms. The van der Waals surface area contributed by atoms with Crippen LogP contribution in [-0.4, -0.2) is 17.1 Å². The average molecular weight is 281 g/mol. The molecule has 1 amide bonds. The van der Waals surface area contributed by atoms with Crippen LogP contribution in [0.2, 0.25) is 5.02 Å². The fraction of sp³-hybridized carbons (Fsp3) is 0.429. The molecule has 0 saturated carbocycles. The zero-order chi connectivity index (χ0) is 14.4. The summed E-state index contributed by atoms with van der Waals surface area (Å²) in [5, 5.41) is 21.9. The van der Waals surface area contributed by atoms with E-state index in [1.165, 1.54) is 0 Å². The van der Waals surface area contributed by atoms with Crippen LogP contribution in [0.3, 0.4) is 0 Å². The molecule has 1 aromatic rings. The normalized spacial score (nSPS) is 13.7. The van der Waals surface area contributed by atoms with E-state index in [1.807, 2.05) is 19.9 Å². The van der Waals surface area contributed by atoms with Crippen molar-refractivity contribution in [1.82, 2.24) is 5.32 Å². The van der Waals surface area contributed by atoms with Crippen LogP contribution in [0.5, 0.6) is 0 Å². The Morgan fingerprint density at radius 1 is 1.42 bits per heavy atom. The van der Waals surface area contributed by atoms with E-state index in [2.05, 4.69) is 5.32 Å². The summed E-state index contributed by atoms with van der Waals surface area (Å²) in [5.74, 6) is -0.343. The van der Waals surface area contributed by atoms with Gasteiger partial charge in [0.2, 0.25) is 5.91 Å². The molecule has 0 heterocycles. The van der Waals surface area contributed by atoms with Crippen molar-refractivity contribution in [2.24, 2.45) is 5.92 Å². The molecule has 2 unspecified atom stereocenters. The van der Waals surface area contributed by atoms with Gasteiger partial charge in [-0.3, -0.25) is 4.79 Å². The lowest BCUT2D eigenvalue weighted by atomic mass is 10.0. The van der Waals surface area contributed by atoms with E-state index in [4.69, 9.17) is 16.9 Å². The molecule has 0 radical (unpaired) electrons. The second kappa shape index (κ2) is 7.13. The van der Waals surface area contributed by atoms with Gasteiger partial charge in [0.15, 0.2) is 0 Å². The second-order valence-electron chi connectivity index (χ2n) is 4.70. The highest BCUT2D eigenvalue weighted by atomic mass is 35.5. The van der Waals surface area contributed by atoms with Gasteiger partial charge in [-0.05, 0) is 23.6 Å². The number of hydrogen-bond donors (Lipinski definition) is 2. The van der Waals surface area contributed by atoms with Gasteiger partial charge < -0.3 is 10.4 Å². The van der Waals surface area contributed by atoms with Crippen LogP contribution in [0, 0.1) is 17.2 Å². The molecule has 0 aliphatic carbocycles. The maximum Gasteiger partial charge on any atom is 0.223 e. The van der Waals surface area contributed by atoms with Crippen LogP contribution in [0.1, 0.15) is 31.9 Å². The minimum Gasteiger partial charge on any atom is -0.392 e. The number of carbonyl (C=O) groups excluding carboxylic acids is 1. The summed E-state index contributed by atoms with van der Waals surface area (Å²) in [6.07, 6.45) is -0.715. The Balaban J connectivity index is 2.65. The van der Waals surface area contributed by atoms with E-state index < -0.39 is 12.1 Å². The lowest BCUT2D eigenvalue weighted by Gasteiger charge is -2.16. The third-order valence-electron chi connectivity index (χ3n) is 2.80. The molecule has 0 saturated heterocycles. The monoisotopic (exact) mass is 280 g/mol. The Morgan fingerprint density at radius 3 is 2.47 bits per heavy atom. The number of aliphatic hydroxyl groups is 1. The van der Waals surface area contributed by atoms with Crippen LogP contribution in [0.25, 0.3) is 0 Å². The van der Waals surface area contributed by atoms with Gasteiger partial charge in [-0.2, -0.15) is 5.26 Å². The Bertz CT molecular complexity index is 465. The highest BCUT2D eigenvalue weighted by molar-refractivity contribution is 6.30.